The maximum atomic E-state index is 5.09. The Hall–Kier alpha value is -1.05. The molecule has 0 saturated carbocycles. The number of hydrogen-bond donors (Lipinski definition) is 1. The number of rotatable bonds is 4. The van der Waals surface area contributed by atoms with Gasteiger partial charge >= 0.3 is 0 Å². The van der Waals surface area contributed by atoms with Gasteiger partial charge in [-0.15, -0.1) is 0 Å². The third-order valence-corrected chi connectivity index (χ3v) is 1.23. The van der Waals surface area contributed by atoms with Gasteiger partial charge in [-0.1, -0.05) is 26.5 Å². The minimum atomic E-state index is 0.632. The average molecular weight is 152 g/mol. The lowest BCUT2D eigenvalue weighted by atomic mass is 10.0. The maximum Gasteiger partial charge on any atom is 0.0852 e. The summed E-state index contributed by atoms with van der Waals surface area (Å²) in [5, 5.41) is 0. The van der Waals surface area contributed by atoms with Gasteiger partial charge in [0, 0.05) is 6.20 Å². The van der Waals surface area contributed by atoms with Crippen LogP contribution in [0, 0.1) is 5.92 Å². The zero-order valence-corrected chi connectivity index (χ0v) is 7.25. The van der Waals surface area contributed by atoms with Crippen molar-refractivity contribution in [1.29, 1.82) is 0 Å². The molecule has 0 aliphatic carbocycles. The number of nitrogens with two attached hydrogens (primary N) is 1. The van der Waals surface area contributed by atoms with Crippen molar-refractivity contribution in [3.63, 3.8) is 0 Å². The van der Waals surface area contributed by atoms with Crippen molar-refractivity contribution in [1.82, 2.24) is 0 Å². The Bertz CT molecular complexity index is 166. The summed E-state index contributed by atoms with van der Waals surface area (Å²) in [5.41, 5.74) is 6.22. The van der Waals surface area contributed by atoms with Gasteiger partial charge < -0.3 is 5.73 Å². The normalized spacial score (nSPS) is 12.8. The van der Waals surface area contributed by atoms with E-state index in [0.717, 1.165) is 12.0 Å². The van der Waals surface area contributed by atoms with Crippen LogP contribution in [0.1, 0.15) is 20.3 Å². The van der Waals surface area contributed by atoms with E-state index in [4.69, 9.17) is 5.73 Å². The van der Waals surface area contributed by atoms with Crippen LogP contribution in [0.25, 0.3) is 0 Å². The van der Waals surface area contributed by atoms with E-state index in [1.807, 2.05) is 6.08 Å². The van der Waals surface area contributed by atoms with Crippen molar-refractivity contribution >= 4 is 6.34 Å². The molecule has 0 radical (unpaired) electrons. The van der Waals surface area contributed by atoms with Crippen molar-refractivity contribution in [2.45, 2.75) is 20.3 Å². The lowest BCUT2D eigenvalue weighted by molar-refractivity contribution is 0.649. The monoisotopic (exact) mass is 152 g/mol. The van der Waals surface area contributed by atoms with Crippen molar-refractivity contribution in [3.8, 4) is 0 Å². The van der Waals surface area contributed by atoms with Crippen molar-refractivity contribution in [2.24, 2.45) is 16.6 Å². The molecule has 0 saturated heterocycles. The summed E-state index contributed by atoms with van der Waals surface area (Å²) >= 11 is 0. The molecule has 0 aromatic heterocycles. The lowest BCUT2D eigenvalue weighted by Gasteiger charge is -2.02. The van der Waals surface area contributed by atoms with Crippen LogP contribution in [0.3, 0.4) is 0 Å². The van der Waals surface area contributed by atoms with E-state index in [1.165, 1.54) is 6.34 Å². The van der Waals surface area contributed by atoms with E-state index in [1.54, 1.807) is 6.20 Å². The lowest BCUT2D eigenvalue weighted by Crippen LogP contribution is -1.90. The number of aliphatic imine (C=N–C) groups is 1. The predicted octanol–water partition coefficient (Wildman–Crippen LogP) is 2.09. The standard InChI is InChI=1S/C9H16N2/c1-4-9(5-8(2)3)6-11-7-10/h4,6-8H,1,5H2,2-3H3,(H2,10,11)/b9-6+. The first-order chi connectivity index (χ1) is 5.20. The van der Waals surface area contributed by atoms with Crippen molar-refractivity contribution in [2.75, 3.05) is 0 Å². The van der Waals surface area contributed by atoms with Gasteiger partial charge in [-0.05, 0) is 17.9 Å². The van der Waals surface area contributed by atoms with Gasteiger partial charge in [0.1, 0.15) is 0 Å². The van der Waals surface area contributed by atoms with Gasteiger partial charge in [0.05, 0.1) is 6.34 Å². The Balaban J connectivity index is 4.04. The first kappa shape index (κ1) is 9.95. The van der Waals surface area contributed by atoms with Gasteiger partial charge in [0.2, 0.25) is 0 Å². The van der Waals surface area contributed by atoms with E-state index in [0.29, 0.717) is 5.92 Å². The Morgan fingerprint density at radius 2 is 2.27 bits per heavy atom. The zero-order chi connectivity index (χ0) is 8.69. The van der Waals surface area contributed by atoms with E-state index < -0.39 is 0 Å². The van der Waals surface area contributed by atoms with Crippen LogP contribution < -0.4 is 5.73 Å². The molecular formula is C9H16N2. The van der Waals surface area contributed by atoms with Gasteiger partial charge in [-0.2, -0.15) is 0 Å². The summed E-state index contributed by atoms with van der Waals surface area (Å²) in [6.07, 6.45) is 5.84. The highest BCUT2D eigenvalue weighted by molar-refractivity contribution is 5.52. The molecule has 11 heavy (non-hydrogen) atoms. The molecule has 0 atom stereocenters. The Morgan fingerprint density at radius 1 is 1.64 bits per heavy atom. The number of hydrogen-bond acceptors (Lipinski definition) is 1. The molecule has 0 bridgehead atoms. The maximum absolute atomic E-state index is 5.09. The van der Waals surface area contributed by atoms with Crippen molar-refractivity contribution in [3.05, 3.63) is 24.4 Å². The van der Waals surface area contributed by atoms with E-state index in [-0.39, 0.29) is 0 Å². The minimum Gasteiger partial charge on any atom is -0.390 e. The van der Waals surface area contributed by atoms with Crippen LogP contribution in [0.5, 0.6) is 0 Å². The van der Waals surface area contributed by atoms with Crippen LogP contribution in [0.4, 0.5) is 0 Å². The van der Waals surface area contributed by atoms with E-state index in [9.17, 15) is 0 Å². The van der Waals surface area contributed by atoms with Crippen LogP contribution in [0.15, 0.2) is 29.4 Å². The van der Waals surface area contributed by atoms with Crippen LogP contribution in [-0.2, 0) is 0 Å². The van der Waals surface area contributed by atoms with Crippen LogP contribution in [-0.4, -0.2) is 6.34 Å². The average Bonchev–Trinajstić information content (AvgIpc) is 1.97. The van der Waals surface area contributed by atoms with Gasteiger partial charge in [-0.3, -0.25) is 0 Å². The van der Waals surface area contributed by atoms with Gasteiger partial charge in [-0.25, -0.2) is 4.99 Å². The molecule has 0 spiro atoms. The quantitative estimate of drug-likeness (QED) is 0.374. The van der Waals surface area contributed by atoms with Crippen LogP contribution >= 0.6 is 0 Å². The molecule has 0 heterocycles. The second kappa shape index (κ2) is 5.71. The number of nitrogens with zero attached hydrogens (tertiary/aromatic N) is 1. The predicted molar refractivity (Wildman–Crippen MR) is 50.4 cm³/mol. The van der Waals surface area contributed by atoms with Gasteiger partial charge in [0.25, 0.3) is 0 Å². The Morgan fingerprint density at radius 3 is 2.64 bits per heavy atom. The zero-order valence-electron chi connectivity index (χ0n) is 7.25. The fraction of sp³-hybridized carbons (Fsp3) is 0.444. The third kappa shape index (κ3) is 5.40. The fourth-order valence-corrected chi connectivity index (χ4v) is 0.799. The topological polar surface area (TPSA) is 38.4 Å². The molecule has 0 rings (SSSR count). The highest BCUT2D eigenvalue weighted by Crippen LogP contribution is 2.10. The molecule has 0 unspecified atom stereocenters. The molecule has 0 aliphatic heterocycles. The highest BCUT2D eigenvalue weighted by atomic mass is 14.8. The molecule has 2 nitrogen and oxygen atoms in total. The summed E-state index contributed by atoms with van der Waals surface area (Å²) in [5.74, 6) is 0.632. The van der Waals surface area contributed by atoms with E-state index >= 15 is 0 Å². The first-order valence-corrected chi connectivity index (χ1v) is 3.75. The minimum absolute atomic E-state index is 0.632. The molecule has 0 aromatic rings. The second-order valence-corrected chi connectivity index (χ2v) is 2.80. The molecule has 0 fully saturated rings. The van der Waals surface area contributed by atoms with E-state index in [2.05, 4.69) is 25.4 Å². The van der Waals surface area contributed by atoms with Gasteiger partial charge in [0.15, 0.2) is 0 Å². The summed E-state index contributed by atoms with van der Waals surface area (Å²) in [6.45, 7) is 8.00. The van der Waals surface area contributed by atoms with Crippen LogP contribution in [0.2, 0.25) is 0 Å². The molecule has 0 aliphatic rings. The summed E-state index contributed by atoms with van der Waals surface area (Å²) in [6, 6.07) is 0. The number of allylic oxidation sites excluding steroid dienone is 2. The SMILES string of the molecule is C=C/C(=C\N=CN)CC(C)C. The molecule has 62 valence electrons. The second-order valence-electron chi connectivity index (χ2n) is 2.80. The molecular weight excluding hydrogens is 136 g/mol. The van der Waals surface area contributed by atoms with Crippen molar-refractivity contribution < 1.29 is 0 Å². The Kier molecular flexibility index (Phi) is 5.17. The summed E-state index contributed by atoms with van der Waals surface area (Å²) in [7, 11) is 0. The largest absolute Gasteiger partial charge is 0.390 e. The molecule has 0 amide bonds. The highest BCUT2D eigenvalue weighted by Gasteiger charge is 1.95. The first-order valence-electron chi connectivity index (χ1n) is 3.75. The smallest absolute Gasteiger partial charge is 0.0852 e. The molecule has 2 heteroatoms. The Labute approximate surface area is 68.5 Å². The third-order valence-electron chi connectivity index (χ3n) is 1.23. The summed E-state index contributed by atoms with van der Waals surface area (Å²) < 4.78 is 0. The molecule has 2 N–H and O–H groups in total. The fourth-order valence-electron chi connectivity index (χ4n) is 0.799. The molecule has 0 aromatic carbocycles. The summed E-state index contributed by atoms with van der Waals surface area (Å²) in [4.78, 5) is 3.82.